The van der Waals surface area contributed by atoms with E-state index < -0.39 is 69.3 Å². The van der Waals surface area contributed by atoms with Crippen LogP contribution in [0.3, 0.4) is 0 Å². The van der Waals surface area contributed by atoms with E-state index in [0.717, 1.165) is 81.2 Å². The number of nitrogens with one attached hydrogen (secondary N) is 2. The number of pyridine rings is 1. The molecule has 3 aromatic carbocycles. The molecule has 2 aromatic heterocycles. The fourth-order valence-corrected chi connectivity index (χ4v) is 12.0. The van der Waals surface area contributed by atoms with E-state index in [-0.39, 0.29) is 35.9 Å². The Bertz CT molecular complexity index is 2960. The minimum Gasteiger partial charge on any atom is -0.365 e. The SMILES string of the molecule is C[C@]1(CN2CCC(c3ccc4c(c3)CN([C@H]3CCC(=O)NC3=O)C4=O)CC2)CCCCN1c1ccc(-c2ccnc3[nH]cc(C(=O)c4cc(C5(F)CCN(S(N)(=O)=O)C5)c(F)cc4F)c23)cc1. The molecular weight excluding hydrogens is 886 g/mol. The summed E-state index contributed by atoms with van der Waals surface area (Å²) in [5.74, 6) is -3.78. The number of halogens is 3. The van der Waals surface area contributed by atoms with Crippen LogP contribution < -0.4 is 15.4 Å². The van der Waals surface area contributed by atoms with Crippen molar-refractivity contribution >= 4 is 50.4 Å². The Morgan fingerprint density at radius 2 is 1.67 bits per heavy atom. The van der Waals surface area contributed by atoms with E-state index in [2.05, 4.69) is 56.3 Å². The van der Waals surface area contributed by atoms with Crippen molar-refractivity contribution in [1.82, 2.24) is 29.4 Å². The van der Waals surface area contributed by atoms with Crippen molar-refractivity contribution in [3.63, 3.8) is 0 Å². The van der Waals surface area contributed by atoms with E-state index in [9.17, 15) is 27.6 Å². The Morgan fingerprint density at radius 1 is 0.896 bits per heavy atom. The van der Waals surface area contributed by atoms with Crippen LogP contribution in [0.15, 0.2) is 73.1 Å². The second-order valence-corrected chi connectivity index (χ2v) is 20.6. The number of benzene rings is 3. The summed E-state index contributed by atoms with van der Waals surface area (Å²) in [4.78, 5) is 65.7. The van der Waals surface area contributed by atoms with Crippen LogP contribution in [0.4, 0.5) is 18.9 Å². The monoisotopic (exact) mass is 936 g/mol. The molecule has 3 amide bonds. The summed E-state index contributed by atoms with van der Waals surface area (Å²) in [5, 5.41) is 7.98. The average Bonchev–Trinajstić information content (AvgIpc) is 4.02. The van der Waals surface area contributed by atoms with Gasteiger partial charge >= 0.3 is 0 Å². The molecular formula is C49H51F3N8O6S. The van der Waals surface area contributed by atoms with Gasteiger partial charge in [0, 0.05) is 79.7 Å². The van der Waals surface area contributed by atoms with Crippen LogP contribution in [0.1, 0.15) is 107 Å². The fraction of sp³-hybridized carbons (Fsp3) is 0.408. The number of aromatic nitrogens is 2. The summed E-state index contributed by atoms with van der Waals surface area (Å²) < 4.78 is 71.3. The van der Waals surface area contributed by atoms with Crippen molar-refractivity contribution in [2.75, 3.05) is 44.2 Å². The van der Waals surface area contributed by atoms with Crippen LogP contribution in [0.2, 0.25) is 0 Å². The molecule has 67 heavy (non-hydrogen) atoms. The molecule has 0 spiro atoms. The number of piperidine rings is 3. The van der Waals surface area contributed by atoms with E-state index in [1.54, 1.807) is 17.2 Å². The number of fused-ring (bicyclic) bond motifs is 2. The smallest absolute Gasteiger partial charge is 0.277 e. The molecule has 4 saturated heterocycles. The molecule has 5 aliphatic heterocycles. The van der Waals surface area contributed by atoms with Crippen molar-refractivity contribution in [1.29, 1.82) is 0 Å². The zero-order valence-electron chi connectivity index (χ0n) is 37.0. The van der Waals surface area contributed by atoms with Gasteiger partial charge in [-0.3, -0.25) is 24.5 Å². The van der Waals surface area contributed by atoms with Crippen LogP contribution in [0, 0.1) is 11.6 Å². The average molecular weight is 937 g/mol. The number of rotatable bonds is 10. The second-order valence-electron chi connectivity index (χ2n) is 19.0. The van der Waals surface area contributed by atoms with Gasteiger partial charge in [0.25, 0.3) is 16.1 Å². The van der Waals surface area contributed by atoms with Crippen molar-refractivity contribution in [2.24, 2.45) is 5.14 Å². The van der Waals surface area contributed by atoms with Crippen LogP contribution in [0.5, 0.6) is 0 Å². The predicted octanol–water partition coefficient (Wildman–Crippen LogP) is 6.20. The number of imide groups is 1. The fourth-order valence-electron chi connectivity index (χ4n) is 11.2. The van der Waals surface area contributed by atoms with Gasteiger partial charge in [-0.25, -0.2) is 23.3 Å². The van der Waals surface area contributed by atoms with E-state index in [0.29, 0.717) is 51.4 Å². The minimum atomic E-state index is -4.27. The first-order chi connectivity index (χ1) is 32.0. The number of hydrogen-bond acceptors (Lipinski definition) is 9. The van der Waals surface area contributed by atoms with Crippen LogP contribution >= 0.6 is 0 Å². The molecule has 0 bridgehead atoms. The van der Waals surface area contributed by atoms with Crippen molar-refractivity contribution in [2.45, 2.75) is 88.0 Å². The van der Waals surface area contributed by atoms with E-state index in [4.69, 9.17) is 5.14 Å². The lowest BCUT2D eigenvalue weighted by molar-refractivity contribution is -0.136. The molecule has 18 heteroatoms. The van der Waals surface area contributed by atoms with Gasteiger partial charge in [-0.15, -0.1) is 0 Å². The molecule has 350 valence electrons. The van der Waals surface area contributed by atoms with Crippen molar-refractivity contribution in [3.05, 3.63) is 118 Å². The summed E-state index contributed by atoms with van der Waals surface area (Å²) in [6, 6.07) is 16.6. The third kappa shape index (κ3) is 8.20. The van der Waals surface area contributed by atoms with Gasteiger partial charge in [-0.2, -0.15) is 12.7 Å². The highest BCUT2D eigenvalue weighted by Gasteiger charge is 2.46. The van der Waals surface area contributed by atoms with E-state index in [1.165, 1.54) is 11.8 Å². The second kappa shape index (κ2) is 17.0. The number of aromatic amines is 1. The number of amides is 3. The molecule has 0 radical (unpaired) electrons. The molecule has 7 heterocycles. The maximum Gasteiger partial charge on any atom is 0.277 e. The molecule has 5 aliphatic rings. The van der Waals surface area contributed by atoms with Gasteiger partial charge in [0.2, 0.25) is 11.8 Å². The Labute approximate surface area is 385 Å². The molecule has 4 N–H and O–H groups in total. The maximum atomic E-state index is 16.2. The Kier molecular flexibility index (Phi) is 11.4. The highest BCUT2D eigenvalue weighted by Crippen LogP contribution is 2.42. The summed E-state index contributed by atoms with van der Waals surface area (Å²) in [5.41, 5.74) is 1.80. The normalized spacial score (nSPS) is 24.4. The molecule has 3 atom stereocenters. The van der Waals surface area contributed by atoms with Crippen molar-refractivity contribution < 1.29 is 40.8 Å². The summed E-state index contributed by atoms with van der Waals surface area (Å²) in [7, 11) is -4.27. The molecule has 1 unspecified atom stereocenters. The molecule has 14 nitrogen and oxygen atoms in total. The Balaban J connectivity index is 0.831. The van der Waals surface area contributed by atoms with Crippen molar-refractivity contribution in [3.8, 4) is 11.1 Å². The number of hydrogen-bond donors (Lipinski definition) is 3. The number of carbonyl (C=O) groups excluding carboxylic acids is 4. The number of alkyl halides is 1. The number of nitrogens with zero attached hydrogens (tertiary/aromatic N) is 5. The lowest BCUT2D eigenvalue weighted by atomic mass is 9.84. The van der Waals surface area contributed by atoms with Gasteiger partial charge in [0.05, 0.1) is 23.2 Å². The zero-order chi connectivity index (χ0) is 47.0. The minimum absolute atomic E-state index is 0.0548. The van der Waals surface area contributed by atoms with Gasteiger partial charge in [-0.1, -0.05) is 24.3 Å². The van der Waals surface area contributed by atoms with Gasteiger partial charge in [-0.05, 0) is 117 Å². The number of carbonyl (C=O) groups is 4. The van der Waals surface area contributed by atoms with Crippen LogP contribution in [-0.4, -0.2) is 107 Å². The highest BCUT2D eigenvalue weighted by molar-refractivity contribution is 7.86. The first kappa shape index (κ1) is 44.9. The molecule has 5 aromatic rings. The molecule has 0 saturated carbocycles. The largest absolute Gasteiger partial charge is 0.365 e. The number of anilines is 1. The van der Waals surface area contributed by atoms with Crippen LogP contribution in [0.25, 0.3) is 22.2 Å². The predicted molar refractivity (Wildman–Crippen MR) is 244 cm³/mol. The lowest BCUT2D eigenvalue weighted by Gasteiger charge is -2.49. The number of nitrogens with two attached hydrogens (primary N) is 1. The Morgan fingerprint density at radius 3 is 2.40 bits per heavy atom. The quantitative estimate of drug-likeness (QED) is 0.109. The third-order valence-electron chi connectivity index (χ3n) is 14.8. The first-order valence-corrected chi connectivity index (χ1v) is 24.3. The summed E-state index contributed by atoms with van der Waals surface area (Å²) in [6.45, 7) is 5.24. The number of H-pyrrole nitrogens is 1. The van der Waals surface area contributed by atoms with Gasteiger partial charge in [0.15, 0.2) is 11.5 Å². The van der Waals surface area contributed by atoms with Gasteiger partial charge in [0.1, 0.15) is 23.3 Å². The summed E-state index contributed by atoms with van der Waals surface area (Å²) in [6.07, 6.45) is 8.27. The highest BCUT2D eigenvalue weighted by atomic mass is 32.2. The Hall–Kier alpha value is -5.95. The molecule has 4 fully saturated rings. The van der Waals surface area contributed by atoms with Gasteiger partial charge < -0.3 is 19.7 Å². The zero-order valence-corrected chi connectivity index (χ0v) is 37.8. The first-order valence-electron chi connectivity index (χ1n) is 22.8. The topological polar surface area (TPSA) is 182 Å². The molecule has 10 rings (SSSR count). The lowest BCUT2D eigenvalue weighted by Crippen LogP contribution is -2.57. The van der Waals surface area contributed by atoms with E-state index in [1.807, 2.05) is 18.2 Å². The summed E-state index contributed by atoms with van der Waals surface area (Å²) >= 11 is 0. The van der Waals surface area contributed by atoms with E-state index >= 15 is 13.2 Å². The number of likely N-dealkylation sites (tertiary alicyclic amines) is 1. The van der Waals surface area contributed by atoms with Crippen LogP contribution in [-0.2, 0) is 32.0 Å². The standard InChI is InChI=1S/C49H51F3N8O6S/c1-48(27-57-19-13-29(14-20-57)31-6-9-35-32(22-31)26-59(47(35)64)41-10-11-42(61)56-46(41)63)15-2-3-18-60(48)33-7-4-30(5-8-33)34-12-17-54-45-43(34)37(25-55-45)44(62)36-23-38(40(51)24-39(36)50)49(52)16-21-58(28-49)67(53,65)66/h4-9,12,17,22-25,29,41H,2-3,10-11,13-16,18-21,26-28H2,1H3,(H,54,55)(H2,53,65,66)(H,56,61,63)/t41-,48+,49?/m0/s1. The third-order valence-corrected chi connectivity index (χ3v) is 15.8. The number of ketones is 1. The maximum absolute atomic E-state index is 16.2. The molecule has 0 aliphatic carbocycles.